The van der Waals surface area contributed by atoms with Crippen LogP contribution in [-0.2, 0) is 28.6 Å². The molecule has 7 nitrogen and oxygen atoms in total. The van der Waals surface area contributed by atoms with Gasteiger partial charge in [-0.1, -0.05) is 6.08 Å². The minimum absolute atomic E-state index is 0.0748. The number of rotatable bonds is 0. The fourth-order valence-corrected chi connectivity index (χ4v) is 1.82. The van der Waals surface area contributed by atoms with Crippen molar-refractivity contribution in [3.05, 3.63) is 24.3 Å². The minimum atomic E-state index is -1.15. The summed E-state index contributed by atoms with van der Waals surface area (Å²) in [6, 6.07) is 0. The van der Waals surface area contributed by atoms with Gasteiger partial charge in [-0.05, 0) is 26.8 Å². The molecule has 4 atom stereocenters. The second kappa shape index (κ2) is 9.09. The second-order valence-electron chi connectivity index (χ2n) is 5.38. The van der Waals surface area contributed by atoms with Gasteiger partial charge >= 0.3 is 17.9 Å². The van der Waals surface area contributed by atoms with E-state index < -0.39 is 42.3 Å². The van der Waals surface area contributed by atoms with Gasteiger partial charge < -0.3 is 19.3 Å². The monoisotopic (exact) mass is 326 g/mol. The van der Waals surface area contributed by atoms with Gasteiger partial charge in [-0.15, -0.1) is 0 Å². The van der Waals surface area contributed by atoms with E-state index in [1.807, 2.05) is 0 Å². The first kappa shape index (κ1) is 18.9. The summed E-state index contributed by atoms with van der Waals surface area (Å²) in [6.07, 6.45) is 2.16. The van der Waals surface area contributed by atoms with Crippen LogP contribution in [-0.4, -0.2) is 47.4 Å². The molecule has 1 heterocycles. The van der Waals surface area contributed by atoms with E-state index >= 15 is 0 Å². The van der Waals surface area contributed by atoms with Crippen LogP contribution in [0.5, 0.6) is 0 Å². The van der Waals surface area contributed by atoms with Gasteiger partial charge in [0.2, 0.25) is 0 Å². The first-order valence-electron chi connectivity index (χ1n) is 7.41. The van der Waals surface area contributed by atoms with Crippen molar-refractivity contribution in [1.82, 2.24) is 0 Å². The van der Waals surface area contributed by atoms with Gasteiger partial charge in [0.1, 0.15) is 24.4 Å². The molecule has 128 valence electrons. The highest BCUT2D eigenvalue weighted by Crippen LogP contribution is 2.08. The van der Waals surface area contributed by atoms with Gasteiger partial charge in [0, 0.05) is 18.6 Å². The molecule has 1 N–H and O–H groups in total. The lowest BCUT2D eigenvalue weighted by Gasteiger charge is -2.17. The van der Waals surface area contributed by atoms with Crippen LogP contribution < -0.4 is 0 Å². The summed E-state index contributed by atoms with van der Waals surface area (Å²) in [7, 11) is 0. The summed E-state index contributed by atoms with van der Waals surface area (Å²) in [5.74, 6) is -1.84. The van der Waals surface area contributed by atoms with Crippen molar-refractivity contribution in [3.8, 4) is 0 Å². The van der Waals surface area contributed by atoms with Gasteiger partial charge in [-0.3, -0.25) is 4.79 Å². The largest absolute Gasteiger partial charge is 0.462 e. The van der Waals surface area contributed by atoms with Crippen molar-refractivity contribution in [2.24, 2.45) is 0 Å². The van der Waals surface area contributed by atoms with Crippen LogP contribution in [0.4, 0.5) is 0 Å². The normalized spacial score (nSPS) is 34.0. The van der Waals surface area contributed by atoms with Crippen LogP contribution in [0.1, 0.15) is 33.6 Å². The zero-order valence-electron chi connectivity index (χ0n) is 13.4. The molecule has 0 aliphatic carbocycles. The van der Waals surface area contributed by atoms with E-state index in [0.29, 0.717) is 6.42 Å². The Bertz CT molecular complexity index is 495. The molecule has 0 spiro atoms. The molecule has 7 heteroatoms. The summed E-state index contributed by atoms with van der Waals surface area (Å²) in [4.78, 5) is 34.8. The number of ether oxygens (including phenoxy) is 3. The number of carbonyl (C=O) groups is 3. The average molecular weight is 326 g/mol. The predicted molar refractivity (Wildman–Crippen MR) is 80.2 cm³/mol. The number of aliphatic hydroxyl groups excluding tert-OH is 1. The van der Waals surface area contributed by atoms with E-state index in [1.54, 1.807) is 13.8 Å². The Balaban J connectivity index is 2.82. The van der Waals surface area contributed by atoms with Gasteiger partial charge in [0.05, 0.1) is 6.42 Å². The highest BCUT2D eigenvalue weighted by Gasteiger charge is 2.18. The fraction of sp³-hybridized carbons (Fsp3) is 0.562. The lowest BCUT2D eigenvalue weighted by Crippen LogP contribution is -2.27. The van der Waals surface area contributed by atoms with Crippen LogP contribution in [0, 0.1) is 0 Å². The summed E-state index contributed by atoms with van der Waals surface area (Å²) in [5.41, 5.74) is 0. The van der Waals surface area contributed by atoms with Gasteiger partial charge in [-0.25, -0.2) is 9.59 Å². The molecule has 0 amide bonds. The standard InChI is InChI=1S/C16H22O7/c1-10-5-4-6-14(18)23-12(3)13(17)7-8-15(19)22-11(2)9-16(20)21-10/h4,6-8,10-13,17H,5,9H2,1-3H3/b6-4+,8-7+/t10-,11?,12-,13-/m0/s1. The van der Waals surface area contributed by atoms with Crippen molar-refractivity contribution in [1.29, 1.82) is 0 Å². The van der Waals surface area contributed by atoms with Crippen LogP contribution >= 0.6 is 0 Å². The molecule has 1 aliphatic heterocycles. The lowest BCUT2D eigenvalue weighted by atomic mass is 10.2. The van der Waals surface area contributed by atoms with Crippen LogP contribution in [0.2, 0.25) is 0 Å². The van der Waals surface area contributed by atoms with E-state index in [9.17, 15) is 19.5 Å². The molecule has 0 fully saturated rings. The Kier molecular flexibility index (Phi) is 7.47. The second-order valence-corrected chi connectivity index (χ2v) is 5.38. The average Bonchev–Trinajstić information content (AvgIpc) is 2.42. The molecule has 1 rings (SSSR count). The maximum Gasteiger partial charge on any atom is 0.330 e. The van der Waals surface area contributed by atoms with Crippen molar-refractivity contribution in [3.63, 3.8) is 0 Å². The third-order valence-electron chi connectivity index (χ3n) is 3.04. The summed E-state index contributed by atoms with van der Waals surface area (Å²) in [6.45, 7) is 4.76. The maximum atomic E-state index is 11.7. The zero-order valence-corrected chi connectivity index (χ0v) is 13.4. The Hall–Kier alpha value is -2.15. The van der Waals surface area contributed by atoms with Crippen LogP contribution in [0.25, 0.3) is 0 Å². The van der Waals surface area contributed by atoms with Gasteiger partial charge in [-0.2, -0.15) is 0 Å². The summed E-state index contributed by atoms with van der Waals surface area (Å²) < 4.78 is 15.1. The molecular weight excluding hydrogens is 304 g/mol. The summed E-state index contributed by atoms with van der Waals surface area (Å²) in [5, 5.41) is 9.80. The fourth-order valence-electron chi connectivity index (χ4n) is 1.82. The SMILES string of the molecule is CC1CC(=O)O[C@@H](C)C/C=C/C(=O)O[C@@H](C)[C@@H](O)/C=C/C(=O)O1. The van der Waals surface area contributed by atoms with Gasteiger partial charge in [0.15, 0.2) is 0 Å². The molecule has 0 aromatic carbocycles. The topological polar surface area (TPSA) is 99.1 Å². The van der Waals surface area contributed by atoms with Crippen molar-refractivity contribution >= 4 is 17.9 Å². The summed E-state index contributed by atoms with van der Waals surface area (Å²) >= 11 is 0. The molecule has 0 radical (unpaired) electrons. The van der Waals surface area contributed by atoms with Crippen molar-refractivity contribution < 1.29 is 33.7 Å². The molecule has 0 saturated heterocycles. The number of esters is 3. The van der Waals surface area contributed by atoms with E-state index in [1.165, 1.54) is 25.2 Å². The number of aliphatic hydroxyl groups is 1. The predicted octanol–water partition coefficient (Wildman–Crippen LogP) is 1.05. The molecule has 0 saturated carbocycles. The van der Waals surface area contributed by atoms with E-state index in [4.69, 9.17) is 14.2 Å². The van der Waals surface area contributed by atoms with Crippen molar-refractivity contribution in [2.45, 2.75) is 58.0 Å². The molecule has 1 aliphatic rings. The Morgan fingerprint density at radius 1 is 0.957 bits per heavy atom. The Morgan fingerprint density at radius 3 is 2.30 bits per heavy atom. The number of hydrogen-bond donors (Lipinski definition) is 1. The highest BCUT2D eigenvalue weighted by molar-refractivity contribution is 5.83. The molecular formula is C16H22O7. The molecule has 23 heavy (non-hydrogen) atoms. The van der Waals surface area contributed by atoms with Crippen molar-refractivity contribution in [2.75, 3.05) is 0 Å². The molecule has 0 aromatic heterocycles. The van der Waals surface area contributed by atoms with Crippen LogP contribution in [0.15, 0.2) is 24.3 Å². The smallest absolute Gasteiger partial charge is 0.330 e. The quantitative estimate of drug-likeness (QED) is 0.524. The zero-order chi connectivity index (χ0) is 17.4. The highest BCUT2D eigenvalue weighted by atomic mass is 16.6. The molecule has 1 unspecified atom stereocenters. The third kappa shape index (κ3) is 7.60. The van der Waals surface area contributed by atoms with E-state index in [2.05, 4.69) is 0 Å². The van der Waals surface area contributed by atoms with Crippen LogP contribution in [0.3, 0.4) is 0 Å². The Morgan fingerprint density at radius 2 is 1.61 bits per heavy atom. The first-order valence-corrected chi connectivity index (χ1v) is 7.41. The number of hydrogen-bond acceptors (Lipinski definition) is 7. The minimum Gasteiger partial charge on any atom is -0.462 e. The lowest BCUT2D eigenvalue weighted by molar-refractivity contribution is -0.154. The maximum absolute atomic E-state index is 11.7. The van der Waals surface area contributed by atoms with E-state index in [-0.39, 0.29) is 6.42 Å². The van der Waals surface area contributed by atoms with E-state index in [0.717, 1.165) is 6.08 Å². The molecule has 0 bridgehead atoms. The first-order chi connectivity index (χ1) is 10.8. The Labute approximate surface area is 134 Å². The van der Waals surface area contributed by atoms with Gasteiger partial charge in [0.25, 0.3) is 0 Å². The number of carbonyl (C=O) groups excluding carboxylic acids is 3. The third-order valence-corrected chi connectivity index (χ3v) is 3.04. The number of cyclic esters (lactones) is 3. The molecule has 0 aromatic rings.